The fourth-order valence-electron chi connectivity index (χ4n) is 2.25. The van der Waals surface area contributed by atoms with Crippen LogP contribution in [0.25, 0.3) is 0 Å². The number of fused-ring (bicyclic) bond motifs is 1. The van der Waals surface area contributed by atoms with E-state index < -0.39 is 12.1 Å². The Hall–Kier alpha value is -1.71. The molecule has 0 saturated heterocycles. The first-order valence-electron chi connectivity index (χ1n) is 5.65. The van der Waals surface area contributed by atoms with E-state index >= 15 is 0 Å². The lowest BCUT2D eigenvalue weighted by atomic mass is 10.0. The molecule has 1 heterocycles. The first kappa shape index (κ1) is 11.8. The van der Waals surface area contributed by atoms with E-state index in [1.165, 1.54) is 0 Å². The minimum atomic E-state index is -0.921. The lowest BCUT2D eigenvalue weighted by Gasteiger charge is -2.38. The van der Waals surface area contributed by atoms with Gasteiger partial charge < -0.3 is 14.7 Å². The summed E-state index contributed by atoms with van der Waals surface area (Å²) in [6.45, 7) is 5.82. The summed E-state index contributed by atoms with van der Waals surface area (Å²) in [5, 5.41) is 9.15. The minimum absolute atomic E-state index is 0.179. The van der Waals surface area contributed by atoms with Crippen molar-refractivity contribution < 1.29 is 14.6 Å². The molecule has 2 unspecified atom stereocenters. The van der Waals surface area contributed by atoms with E-state index in [2.05, 4.69) is 0 Å². The first-order valence-corrected chi connectivity index (χ1v) is 5.65. The SMILES string of the molecule is Cc1cc(C)c2c(c1)N(C)C(C)C(C(=O)O)O2. The molecule has 17 heavy (non-hydrogen) atoms. The van der Waals surface area contributed by atoms with Gasteiger partial charge in [0.1, 0.15) is 5.75 Å². The zero-order chi connectivity index (χ0) is 12.7. The summed E-state index contributed by atoms with van der Waals surface area (Å²) < 4.78 is 5.62. The second kappa shape index (κ2) is 3.95. The van der Waals surface area contributed by atoms with Crippen molar-refractivity contribution in [1.82, 2.24) is 0 Å². The molecule has 0 bridgehead atoms. The van der Waals surface area contributed by atoms with Crippen molar-refractivity contribution in [3.8, 4) is 5.75 Å². The third-order valence-electron chi connectivity index (χ3n) is 3.32. The standard InChI is InChI=1S/C13H17NO3/c1-7-5-8(2)11-10(6-7)14(4)9(3)12(17-11)13(15)16/h5-6,9,12H,1-4H3,(H,15,16). The van der Waals surface area contributed by atoms with Gasteiger partial charge in [-0.05, 0) is 38.0 Å². The van der Waals surface area contributed by atoms with E-state index in [1.54, 1.807) is 0 Å². The third kappa shape index (κ3) is 1.84. The third-order valence-corrected chi connectivity index (χ3v) is 3.32. The molecular weight excluding hydrogens is 218 g/mol. The lowest BCUT2D eigenvalue weighted by Crippen LogP contribution is -2.50. The summed E-state index contributed by atoms with van der Waals surface area (Å²) in [6, 6.07) is 3.85. The monoisotopic (exact) mass is 235 g/mol. The van der Waals surface area contributed by atoms with Gasteiger partial charge in [0.15, 0.2) is 0 Å². The van der Waals surface area contributed by atoms with Crippen LogP contribution in [0.3, 0.4) is 0 Å². The number of carboxylic acids is 1. The summed E-state index contributed by atoms with van der Waals surface area (Å²) in [7, 11) is 1.90. The van der Waals surface area contributed by atoms with E-state index in [0.717, 1.165) is 16.8 Å². The minimum Gasteiger partial charge on any atom is -0.478 e. The van der Waals surface area contributed by atoms with Gasteiger partial charge in [0.2, 0.25) is 6.10 Å². The average molecular weight is 235 g/mol. The van der Waals surface area contributed by atoms with Gasteiger partial charge in [-0.3, -0.25) is 0 Å². The number of carbonyl (C=O) groups is 1. The van der Waals surface area contributed by atoms with Crippen LogP contribution in [0.5, 0.6) is 5.75 Å². The Bertz CT molecular complexity index is 470. The smallest absolute Gasteiger partial charge is 0.347 e. The zero-order valence-electron chi connectivity index (χ0n) is 10.5. The molecule has 0 aliphatic carbocycles. The number of rotatable bonds is 1. The average Bonchev–Trinajstić information content (AvgIpc) is 2.23. The number of anilines is 1. The summed E-state index contributed by atoms with van der Waals surface area (Å²) >= 11 is 0. The van der Waals surface area contributed by atoms with E-state index in [-0.39, 0.29) is 6.04 Å². The molecule has 0 saturated carbocycles. The molecule has 1 aromatic rings. The summed E-state index contributed by atoms with van der Waals surface area (Å²) in [5.41, 5.74) is 3.09. The van der Waals surface area contributed by atoms with Crippen molar-refractivity contribution >= 4 is 11.7 Å². The number of aryl methyl sites for hydroxylation is 2. The summed E-state index contributed by atoms with van der Waals surface area (Å²) in [4.78, 5) is 13.1. The van der Waals surface area contributed by atoms with Crippen molar-refractivity contribution in [2.45, 2.75) is 32.9 Å². The van der Waals surface area contributed by atoms with Crippen molar-refractivity contribution in [2.24, 2.45) is 0 Å². The lowest BCUT2D eigenvalue weighted by molar-refractivity contribution is -0.146. The van der Waals surface area contributed by atoms with Crippen molar-refractivity contribution in [2.75, 3.05) is 11.9 Å². The second-order valence-electron chi connectivity index (χ2n) is 4.66. The maximum absolute atomic E-state index is 11.1. The summed E-state index contributed by atoms with van der Waals surface area (Å²) in [6.07, 6.45) is -0.811. The Balaban J connectivity index is 2.52. The molecule has 4 heteroatoms. The molecular formula is C13H17NO3. The molecule has 0 amide bonds. The largest absolute Gasteiger partial charge is 0.478 e. The fraction of sp³-hybridized carbons (Fsp3) is 0.462. The number of ether oxygens (including phenoxy) is 1. The fourth-order valence-corrected chi connectivity index (χ4v) is 2.25. The number of hydrogen-bond donors (Lipinski definition) is 1. The van der Waals surface area contributed by atoms with E-state index in [1.807, 2.05) is 44.9 Å². The van der Waals surface area contributed by atoms with Crippen LogP contribution < -0.4 is 9.64 Å². The van der Waals surface area contributed by atoms with Crippen LogP contribution in [0.15, 0.2) is 12.1 Å². The molecule has 1 aromatic carbocycles. The molecule has 92 valence electrons. The molecule has 0 spiro atoms. The molecule has 2 rings (SSSR count). The Morgan fingerprint density at radius 3 is 2.65 bits per heavy atom. The van der Waals surface area contributed by atoms with Gasteiger partial charge in [0.25, 0.3) is 0 Å². The van der Waals surface area contributed by atoms with Crippen LogP contribution in [-0.2, 0) is 4.79 Å². The number of likely N-dealkylation sites (N-methyl/N-ethyl adjacent to an activating group) is 1. The van der Waals surface area contributed by atoms with Gasteiger partial charge in [-0.2, -0.15) is 0 Å². The van der Waals surface area contributed by atoms with Gasteiger partial charge in [0.05, 0.1) is 11.7 Å². The Labute approximate surface area is 101 Å². The van der Waals surface area contributed by atoms with E-state index in [0.29, 0.717) is 5.75 Å². The highest BCUT2D eigenvalue weighted by Crippen LogP contribution is 2.38. The molecule has 4 nitrogen and oxygen atoms in total. The number of aliphatic carboxylic acids is 1. The van der Waals surface area contributed by atoms with E-state index in [9.17, 15) is 4.79 Å². The van der Waals surface area contributed by atoms with Gasteiger partial charge in [-0.1, -0.05) is 6.07 Å². The second-order valence-corrected chi connectivity index (χ2v) is 4.66. The Morgan fingerprint density at radius 2 is 2.06 bits per heavy atom. The van der Waals surface area contributed by atoms with Gasteiger partial charge in [-0.15, -0.1) is 0 Å². The van der Waals surface area contributed by atoms with E-state index in [4.69, 9.17) is 9.84 Å². The number of nitrogens with zero attached hydrogens (tertiary/aromatic N) is 1. The molecule has 2 atom stereocenters. The highest BCUT2D eigenvalue weighted by atomic mass is 16.5. The van der Waals surface area contributed by atoms with Crippen molar-refractivity contribution in [3.05, 3.63) is 23.3 Å². The number of hydrogen-bond acceptors (Lipinski definition) is 3. The molecule has 1 N–H and O–H groups in total. The van der Waals surface area contributed by atoms with Crippen LogP contribution in [0.1, 0.15) is 18.1 Å². The van der Waals surface area contributed by atoms with Crippen LogP contribution in [0, 0.1) is 13.8 Å². The quantitative estimate of drug-likeness (QED) is 0.808. The van der Waals surface area contributed by atoms with Crippen molar-refractivity contribution in [3.63, 3.8) is 0 Å². The first-order chi connectivity index (χ1) is 7.91. The molecule has 1 aliphatic rings. The highest BCUT2D eigenvalue weighted by Gasteiger charge is 2.36. The van der Waals surface area contributed by atoms with Crippen LogP contribution >= 0.6 is 0 Å². The number of benzene rings is 1. The molecule has 0 radical (unpaired) electrons. The van der Waals surface area contributed by atoms with Gasteiger partial charge in [-0.25, -0.2) is 4.79 Å². The molecule has 0 fully saturated rings. The van der Waals surface area contributed by atoms with Crippen molar-refractivity contribution in [1.29, 1.82) is 0 Å². The predicted molar refractivity (Wildman–Crippen MR) is 65.8 cm³/mol. The zero-order valence-corrected chi connectivity index (χ0v) is 10.5. The molecule has 1 aliphatic heterocycles. The van der Waals surface area contributed by atoms with Crippen LogP contribution in [-0.4, -0.2) is 30.3 Å². The molecule has 0 aromatic heterocycles. The Morgan fingerprint density at radius 1 is 1.41 bits per heavy atom. The summed E-state index contributed by atoms with van der Waals surface area (Å²) in [5.74, 6) is -0.237. The predicted octanol–water partition coefficient (Wildman–Crippen LogP) is 1.97. The van der Waals surface area contributed by atoms with Crippen LogP contribution in [0.4, 0.5) is 5.69 Å². The number of carboxylic acid groups (broad SMARTS) is 1. The maximum Gasteiger partial charge on any atom is 0.347 e. The van der Waals surface area contributed by atoms with Gasteiger partial charge >= 0.3 is 5.97 Å². The van der Waals surface area contributed by atoms with Crippen LogP contribution in [0.2, 0.25) is 0 Å². The maximum atomic E-state index is 11.1. The normalized spacial score (nSPS) is 22.9. The van der Waals surface area contributed by atoms with Gasteiger partial charge in [0, 0.05) is 7.05 Å². The topological polar surface area (TPSA) is 49.8 Å². The Kier molecular flexibility index (Phi) is 2.73. The highest BCUT2D eigenvalue weighted by molar-refractivity contribution is 5.78.